The lowest BCUT2D eigenvalue weighted by Crippen LogP contribution is -2.16. The molecule has 0 aliphatic heterocycles. The van der Waals surface area contributed by atoms with Crippen LogP contribution >= 0.6 is 0 Å². The van der Waals surface area contributed by atoms with E-state index < -0.39 is 11.7 Å². The van der Waals surface area contributed by atoms with E-state index in [1.54, 1.807) is 13.1 Å². The van der Waals surface area contributed by atoms with Crippen LogP contribution in [0.15, 0.2) is 18.5 Å². The Kier molecular flexibility index (Phi) is 4.12. The van der Waals surface area contributed by atoms with Gasteiger partial charge in [-0.2, -0.15) is 5.10 Å². The number of pyridine rings is 1. The van der Waals surface area contributed by atoms with Crippen molar-refractivity contribution in [2.24, 2.45) is 5.92 Å². The van der Waals surface area contributed by atoms with Gasteiger partial charge in [0.2, 0.25) is 0 Å². The molecule has 1 amide bonds. The van der Waals surface area contributed by atoms with Crippen molar-refractivity contribution in [2.45, 2.75) is 27.2 Å². The second-order valence-electron chi connectivity index (χ2n) is 5.12. The highest BCUT2D eigenvalue weighted by Gasteiger charge is 2.16. The average molecular weight is 276 g/mol. The maximum Gasteiger partial charge on any atom is 0.259 e. The molecule has 0 saturated carbocycles. The van der Waals surface area contributed by atoms with Crippen molar-refractivity contribution >= 4 is 11.7 Å². The van der Waals surface area contributed by atoms with Gasteiger partial charge in [-0.05, 0) is 25.3 Å². The third kappa shape index (κ3) is 3.20. The summed E-state index contributed by atoms with van der Waals surface area (Å²) >= 11 is 0. The van der Waals surface area contributed by atoms with Gasteiger partial charge in [0.15, 0.2) is 11.6 Å². The zero-order chi connectivity index (χ0) is 14.7. The Morgan fingerprint density at radius 3 is 2.95 bits per heavy atom. The van der Waals surface area contributed by atoms with E-state index in [4.69, 9.17) is 0 Å². The predicted octanol–water partition coefficient (Wildman–Crippen LogP) is 2.70. The Labute approximate surface area is 116 Å². The fourth-order valence-corrected chi connectivity index (χ4v) is 1.91. The molecule has 0 atom stereocenters. The smallest absolute Gasteiger partial charge is 0.259 e. The largest absolute Gasteiger partial charge is 0.305 e. The van der Waals surface area contributed by atoms with Gasteiger partial charge in [0.1, 0.15) is 0 Å². The van der Waals surface area contributed by atoms with Crippen LogP contribution in [0.4, 0.5) is 10.2 Å². The van der Waals surface area contributed by atoms with Crippen LogP contribution in [0.5, 0.6) is 0 Å². The second kappa shape index (κ2) is 5.81. The minimum atomic E-state index is -0.644. The zero-order valence-corrected chi connectivity index (χ0v) is 11.7. The number of halogens is 1. The molecule has 0 bridgehead atoms. The molecule has 0 unspecified atom stereocenters. The summed E-state index contributed by atoms with van der Waals surface area (Å²) in [5.74, 6) is -0.292. The first-order valence-electron chi connectivity index (χ1n) is 6.43. The van der Waals surface area contributed by atoms with Gasteiger partial charge in [-0.15, -0.1) is 0 Å². The Balaban J connectivity index is 2.20. The second-order valence-corrected chi connectivity index (χ2v) is 5.12. The number of carbonyl (C=O) groups excluding carboxylic acids is 1. The van der Waals surface area contributed by atoms with Gasteiger partial charge in [-0.1, -0.05) is 13.8 Å². The monoisotopic (exact) mass is 276 g/mol. The van der Waals surface area contributed by atoms with Crippen molar-refractivity contribution in [3.8, 4) is 0 Å². The number of nitrogens with one attached hydrogen (secondary N) is 2. The number of hydrogen-bond donors (Lipinski definition) is 2. The van der Waals surface area contributed by atoms with Crippen molar-refractivity contribution in [1.82, 2.24) is 15.2 Å². The average Bonchev–Trinajstić information content (AvgIpc) is 2.78. The number of H-pyrrole nitrogens is 1. The Bertz CT molecular complexity index is 621. The fraction of sp³-hybridized carbons (Fsp3) is 0.357. The predicted molar refractivity (Wildman–Crippen MR) is 74.0 cm³/mol. The number of rotatable bonds is 4. The van der Waals surface area contributed by atoms with E-state index in [-0.39, 0.29) is 5.56 Å². The summed E-state index contributed by atoms with van der Waals surface area (Å²) < 4.78 is 13.6. The van der Waals surface area contributed by atoms with Crippen molar-refractivity contribution in [3.63, 3.8) is 0 Å². The maximum atomic E-state index is 13.6. The van der Waals surface area contributed by atoms with Gasteiger partial charge in [0, 0.05) is 17.5 Å². The summed E-state index contributed by atoms with van der Waals surface area (Å²) in [7, 11) is 0. The van der Waals surface area contributed by atoms with Gasteiger partial charge >= 0.3 is 0 Å². The highest BCUT2D eigenvalue weighted by atomic mass is 19.1. The quantitative estimate of drug-likeness (QED) is 0.902. The molecule has 0 saturated heterocycles. The molecule has 0 fully saturated rings. The van der Waals surface area contributed by atoms with Crippen molar-refractivity contribution < 1.29 is 9.18 Å². The van der Waals surface area contributed by atoms with Gasteiger partial charge < -0.3 is 5.32 Å². The third-order valence-corrected chi connectivity index (χ3v) is 2.82. The summed E-state index contributed by atoms with van der Waals surface area (Å²) in [6.45, 7) is 5.85. The number of aryl methyl sites for hydroxylation is 1. The van der Waals surface area contributed by atoms with Gasteiger partial charge in [0.05, 0.1) is 11.8 Å². The molecule has 2 aromatic rings. The highest BCUT2D eigenvalue weighted by Crippen LogP contribution is 2.17. The van der Waals surface area contributed by atoms with Crippen molar-refractivity contribution in [3.05, 3.63) is 41.1 Å². The fourth-order valence-electron chi connectivity index (χ4n) is 1.91. The van der Waals surface area contributed by atoms with Crippen LogP contribution in [0.1, 0.15) is 35.5 Å². The highest BCUT2D eigenvalue weighted by molar-refractivity contribution is 6.04. The molecule has 5 nitrogen and oxygen atoms in total. The first kappa shape index (κ1) is 14.2. The first-order valence-corrected chi connectivity index (χ1v) is 6.43. The normalized spacial score (nSPS) is 10.8. The lowest BCUT2D eigenvalue weighted by molar-refractivity contribution is 0.102. The summed E-state index contributed by atoms with van der Waals surface area (Å²) in [4.78, 5) is 15.9. The number of carbonyl (C=O) groups is 1. The number of aromatic nitrogens is 3. The molecule has 106 valence electrons. The molecular formula is C14H17FN4O. The van der Waals surface area contributed by atoms with Gasteiger partial charge in [0.25, 0.3) is 5.91 Å². The zero-order valence-electron chi connectivity index (χ0n) is 11.7. The molecular weight excluding hydrogens is 259 g/mol. The van der Waals surface area contributed by atoms with Crippen LogP contribution in [0.25, 0.3) is 0 Å². The third-order valence-electron chi connectivity index (χ3n) is 2.82. The van der Waals surface area contributed by atoms with Crippen molar-refractivity contribution in [1.29, 1.82) is 0 Å². The molecule has 2 rings (SSSR count). The number of amides is 1. The number of aromatic amines is 1. The molecule has 0 radical (unpaired) electrons. The Morgan fingerprint density at radius 1 is 1.50 bits per heavy atom. The molecule has 0 aliphatic rings. The first-order chi connectivity index (χ1) is 9.47. The summed E-state index contributed by atoms with van der Waals surface area (Å²) in [6, 6.07) is 1.42. The van der Waals surface area contributed by atoms with Gasteiger partial charge in [-0.3, -0.25) is 14.9 Å². The topological polar surface area (TPSA) is 70.7 Å². The van der Waals surface area contributed by atoms with Crippen LogP contribution < -0.4 is 5.32 Å². The lowest BCUT2D eigenvalue weighted by Gasteiger charge is -2.07. The van der Waals surface area contributed by atoms with Crippen LogP contribution in [0, 0.1) is 18.7 Å². The molecule has 20 heavy (non-hydrogen) atoms. The Morgan fingerprint density at radius 2 is 2.25 bits per heavy atom. The lowest BCUT2D eigenvalue weighted by atomic mass is 10.1. The van der Waals surface area contributed by atoms with E-state index in [1.165, 1.54) is 6.07 Å². The summed E-state index contributed by atoms with van der Waals surface area (Å²) in [5, 5.41) is 9.34. The molecule has 6 heteroatoms. The molecule has 2 heterocycles. The number of nitrogens with zero attached hydrogens (tertiary/aromatic N) is 2. The molecule has 0 aromatic carbocycles. The van der Waals surface area contributed by atoms with Crippen LogP contribution in [0.2, 0.25) is 0 Å². The van der Waals surface area contributed by atoms with E-state index in [9.17, 15) is 9.18 Å². The van der Waals surface area contributed by atoms with E-state index in [2.05, 4.69) is 34.3 Å². The minimum Gasteiger partial charge on any atom is -0.305 e. The minimum absolute atomic E-state index is 0.0315. The van der Waals surface area contributed by atoms with Crippen LogP contribution in [-0.2, 0) is 6.42 Å². The van der Waals surface area contributed by atoms with E-state index in [0.717, 1.165) is 18.2 Å². The molecule has 2 aromatic heterocycles. The maximum absolute atomic E-state index is 13.6. The Hall–Kier alpha value is -2.24. The van der Waals surface area contributed by atoms with Crippen molar-refractivity contribution in [2.75, 3.05) is 5.32 Å². The standard InChI is InChI=1S/C14H17FN4O/c1-8(2)4-10-6-17-19-13(10)18-14(20)11-5-9(3)16-7-12(11)15/h5-8H,4H2,1-3H3,(H2,17,18,19,20). The van der Waals surface area contributed by atoms with Gasteiger partial charge in [-0.25, -0.2) is 4.39 Å². The molecule has 0 spiro atoms. The molecule has 2 N–H and O–H groups in total. The number of hydrogen-bond acceptors (Lipinski definition) is 3. The summed E-state index contributed by atoms with van der Waals surface area (Å²) in [6.07, 6.45) is 3.57. The summed E-state index contributed by atoms with van der Waals surface area (Å²) in [5.41, 5.74) is 1.46. The van der Waals surface area contributed by atoms with Crippen LogP contribution in [-0.4, -0.2) is 21.1 Å². The van der Waals surface area contributed by atoms with E-state index in [0.29, 0.717) is 17.4 Å². The van der Waals surface area contributed by atoms with Crippen LogP contribution in [0.3, 0.4) is 0 Å². The molecule has 0 aliphatic carbocycles. The number of anilines is 1. The SMILES string of the molecule is Cc1cc(C(=O)Nc2n[nH]cc2CC(C)C)c(F)cn1. The van der Waals surface area contributed by atoms with E-state index >= 15 is 0 Å². The van der Waals surface area contributed by atoms with E-state index in [1.807, 2.05) is 0 Å².